The third kappa shape index (κ3) is 3.94. The molecule has 0 aliphatic heterocycles. The number of anilines is 1. The Kier molecular flexibility index (Phi) is 4.93. The predicted molar refractivity (Wildman–Crippen MR) is 100 cm³/mol. The van der Waals surface area contributed by atoms with Crippen LogP contribution in [0.5, 0.6) is 0 Å². The third-order valence-electron chi connectivity index (χ3n) is 4.45. The van der Waals surface area contributed by atoms with Crippen molar-refractivity contribution in [3.63, 3.8) is 0 Å². The van der Waals surface area contributed by atoms with Gasteiger partial charge in [-0.05, 0) is 41.9 Å². The van der Waals surface area contributed by atoms with Crippen molar-refractivity contribution >= 4 is 17.2 Å². The molecule has 1 heterocycles. The minimum absolute atomic E-state index is 0.838. The molecule has 25 heavy (non-hydrogen) atoms. The second-order valence-electron chi connectivity index (χ2n) is 6.25. The zero-order valence-electron chi connectivity index (χ0n) is 15.2. The number of aryl methyl sites for hydroxylation is 1. The first-order chi connectivity index (χ1) is 12.0. The van der Waals surface area contributed by atoms with Crippen molar-refractivity contribution in [3.05, 3.63) is 71.9 Å². The monoisotopic (exact) mass is 334 g/mol. The van der Waals surface area contributed by atoms with Crippen molar-refractivity contribution in [1.29, 1.82) is 0 Å². The van der Waals surface area contributed by atoms with Gasteiger partial charge in [0.2, 0.25) is 0 Å². The summed E-state index contributed by atoms with van der Waals surface area (Å²) >= 11 is 0. The molecule has 0 radical (unpaired) electrons. The fraction of sp³-hybridized carbons (Fsp3) is 0.250. The van der Waals surface area contributed by atoms with Gasteiger partial charge in [0.05, 0.1) is 16.9 Å². The van der Waals surface area contributed by atoms with E-state index in [2.05, 4.69) is 65.5 Å². The van der Waals surface area contributed by atoms with Crippen LogP contribution >= 0.6 is 0 Å². The summed E-state index contributed by atoms with van der Waals surface area (Å²) in [6, 6.07) is 20.6. The molecule has 0 aliphatic carbocycles. The van der Waals surface area contributed by atoms with E-state index in [-0.39, 0.29) is 0 Å². The molecule has 0 amide bonds. The standard InChI is InChI=1S/C20H24N5/c1-16-14-20(25(4)24(16)3)22-21-18-10-12-19(13-11-18)23(2)15-17-8-6-5-7-9-17/h5-14H,15H2,1-4H3/q+1. The topological polar surface area (TPSA) is 36.8 Å². The second kappa shape index (κ2) is 7.30. The molecule has 0 unspecified atom stereocenters. The van der Waals surface area contributed by atoms with E-state index >= 15 is 0 Å². The highest BCUT2D eigenvalue weighted by Gasteiger charge is 2.13. The lowest BCUT2D eigenvalue weighted by molar-refractivity contribution is -0.740. The van der Waals surface area contributed by atoms with E-state index in [1.165, 1.54) is 5.56 Å². The third-order valence-corrected chi connectivity index (χ3v) is 4.45. The first kappa shape index (κ1) is 16.9. The quantitative estimate of drug-likeness (QED) is 0.509. The van der Waals surface area contributed by atoms with Gasteiger partial charge in [-0.3, -0.25) is 0 Å². The van der Waals surface area contributed by atoms with E-state index in [1.54, 1.807) is 0 Å². The molecular formula is C20H24N5+. The maximum Gasteiger partial charge on any atom is 0.370 e. The molecule has 0 saturated carbocycles. The molecule has 0 aliphatic rings. The number of hydrogen-bond donors (Lipinski definition) is 0. The van der Waals surface area contributed by atoms with Crippen molar-refractivity contribution in [1.82, 2.24) is 4.68 Å². The highest BCUT2D eigenvalue weighted by Crippen LogP contribution is 2.22. The van der Waals surface area contributed by atoms with Gasteiger partial charge in [0.1, 0.15) is 12.7 Å². The summed E-state index contributed by atoms with van der Waals surface area (Å²) in [7, 11) is 6.07. The van der Waals surface area contributed by atoms with Gasteiger partial charge in [-0.2, -0.15) is 4.68 Å². The summed E-state index contributed by atoms with van der Waals surface area (Å²) in [5.41, 5.74) is 4.44. The van der Waals surface area contributed by atoms with E-state index < -0.39 is 0 Å². The molecule has 5 heteroatoms. The van der Waals surface area contributed by atoms with Crippen LogP contribution in [0.1, 0.15) is 11.3 Å². The molecule has 0 bridgehead atoms. The molecule has 1 aromatic heterocycles. The molecule has 128 valence electrons. The Balaban J connectivity index is 1.69. The van der Waals surface area contributed by atoms with Crippen LogP contribution in [0.3, 0.4) is 0 Å². The molecule has 0 saturated heterocycles. The van der Waals surface area contributed by atoms with Gasteiger partial charge in [0, 0.05) is 26.3 Å². The summed E-state index contributed by atoms with van der Waals surface area (Å²) in [4.78, 5) is 2.22. The Bertz CT molecular complexity index is 863. The molecule has 2 aromatic carbocycles. The first-order valence-corrected chi connectivity index (χ1v) is 8.34. The SMILES string of the molecule is Cc1cc(N=Nc2ccc(N(C)Cc3ccccc3)cc2)[n+](C)n1C. The Morgan fingerprint density at radius 1 is 1.00 bits per heavy atom. The number of azo groups is 1. The van der Waals surface area contributed by atoms with Crippen molar-refractivity contribution in [2.75, 3.05) is 11.9 Å². The van der Waals surface area contributed by atoms with Crippen LogP contribution in [0, 0.1) is 6.92 Å². The summed E-state index contributed by atoms with van der Waals surface area (Å²) in [5, 5.41) is 8.70. The molecule has 0 N–H and O–H groups in total. The van der Waals surface area contributed by atoms with Crippen LogP contribution < -0.4 is 9.58 Å². The van der Waals surface area contributed by atoms with Gasteiger partial charge in [-0.1, -0.05) is 30.3 Å². The fourth-order valence-corrected chi connectivity index (χ4v) is 2.69. The molecular weight excluding hydrogens is 310 g/mol. The number of benzene rings is 2. The maximum atomic E-state index is 4.35. The van der Waals surface area contributed by atoms with Gasteiger partial charge in [0.15, 0.2) is 0 Å². The minimum atomic E-state index is 0.838. The first-order valence-electron chi connectivity index (χ1n) is 8.34. The molecule has 3 rings (SSSR count). The molecule has 0 atom stereocenters. The molecule has 5 nitrogen and oxygen atoms in total. The average molecular weight is 334 g/mol. The summed E-state index contributed by atoms with van der Waals surface area (Å²) in [6.45, 7) is 2.93. The fourth-order valence-electron chi connectivity index (χ4n) is 2.69. The normalized spacial score (nSPS) is 11.2. The van der Waals surface area contributed by atoms with Gasteiger partial charge in [-0.25, -0.2) is 4.68 Å². The zero-order chi connectivity index (χ0) is 17.8. The minimum Gasteiger partial charge on any atom is -0.370 e. The highest BCUT2D eigenvalue weighted by molar-refractivity contribution is 5.52. The van der Waals surface area contributed by atoms with Crippen LogP contribution in [-0.2, 0) is 20.6 Å². The van der Waals surface area contributed by atoms with Crippen molar-refractivity contribution in [2.45, 2.75) is 13.5 Å². The van der Waals surface area contributed by atoms with Gasteiger partial charge < -0.3 is 4.90 Å². The summed E-state index contributed by atoms with van der Waals surface area (Å²) in [6.07, 6.45) is 0. The van der Waals surface area contributed by atoms with Gasteiger partial charge in [-0.15, -0.1) is 0 Å². The lowest BCUT2D eigenvalue weighted by atomic mass is 10.2. The molecule has 0 spiro atoms. The zero-order valence-corrected chi connectivity index (χ0v) is 15.2. The van der Waals surface area contributed by atoms with Gasteiger partial charge >= 0.3 is 5.82 Å². The van der Waals surface area contributed by atoms with Crippen LogP contribution in [0.4, 0.5) is 17.2 Å². The Morgan fingerprint density at radius 2 is 1.68 bits per heavy atom. The maximum absolute atomic E-state index is 4.35. The van der Waals surface area contributed by atoms with Crippen molar-refractivity contribution in [2.24, 2.45) is 24.3 Å². The van der Waals surface area contributed by atoms with Crippen molar-refractivity contribution in [3.8, 4) is 0 Å². The van der Waals surface area contributed by atoms with Crippen molar-refractivity contribution < 1.29 is 4.68 Å². The lowest BCUT2D eigenvalue weighted by Crippen LogP contribution is -2.37. The highest BCUT2D eigenvalue weighted by atomic mass is 15.4. The lowest BCUT2D eigenvalue weighted by Gasteiger charge is -2.19. The number of nitrogens with zero attached hydrogens (tertiary/aromatic N) is 5. The van der Waals surface area contributed by atoms with Crippen LogP contribution in [0.2, 0.25) is 0 Å². The molecule has 3 aromatic rings. The average Bonchev–Trinajstić information content (AvgIpc) is 2.88. The molecule has 0 fully saturated rings. The van der Waals surface area contributed by atoms with E-state index in [0.717, 1.165) is 29.4 Å². The number of hydrogen-bond acceptors (Lipinski definition) is 3. The Morgan fingerprint density at radius 3 is 2.28 bits per heavy atom. The largest absolute Gasteiger partial charge is 0.370 e. The summed E-state index contributed by atoms with van der Waals surface area (Å²) in [5.74, 6) is 0.838. The van der Waals surface area contributed by atoms with Crippen LogP contribution in [0.15, 0.2) is 70.9 Å². The van der Waals surface area contributed by atoms with Crippen LogP contribution in [-0.4, -0.2) is 11.7 Å². The van der Waals surface area contributed by atoms with E-state index in [4.69, 9.17) is 0 Å². The van der Waals surface area contributed by atoms with Gasteiger partial charge in [0.25, 0.3) is 0 Å². The summed E-state index contributed by atoms with van der Waals surface area (Å²) < 4.78 is 4.01. The van der Waals surface area contributed by atoms with E-state index in [0.29, 0.717) is 0 Å². The van der Waals surface area contributed by atoms with E-state index in [9.17, 15) is 0 Å². The predicted octanol–water partition coefficient (Wildman–Crippen LogP) is 4.21. The second-order valence-corrected chi connectivity index (χ2v) is 6.25. The number of rotatable bonds is 5. The number of aromatic nitrogens is 2. The Labute approximate surface area is 148 Å². The van der Waals surface area contributed by atoms with Crippen LogP contribution in [0.25, 0.3) is 0 Å². The Hall–Kier alpha value is -2.95. The smallest absolute Gasteiger partial charge is 0.370 e. The van der Waals surface area contributed by atoms with E-state index in [1.807, 2.05) is 47.7 Å².